The molecule has 12 nitrogen and oxygen atoms in total. The average molecular weight is 784 g/mol. The van der Waals surface area contributed by atoms with Gasteiger partial charge in [0.1, 0.15) is 0 Å². The van der Waals surface area contributed by atoms with Crippen LogP contribution >= 0.6 is 0 Å². The molecule has 12 heteroatoms. The van der Waals surface area contributed by atoms with Gasteiger partial charge in [0.15, 0.2) is 12.6 Å². The van der Waals surface area contributed by atoms with Crippen molar-refractivity contribution >= 4 is 40.9 Å². The van der Waals surface area contributed by atoms with Gasteiger partial charge in [-0.2, -0.15) is 0 Å². The zero-order valence-electron chi connectivity index (χ0n) is 35.2. The zero-order chi connectivity index (χ0) is 41.4. The molecule has 0 aromatic heterocycles. The Kier molecular flexibility index (Phi) is 17.2. The Morgan fingerprint density at radius 2 is 1.16 bits per heavy atom. The minimum absolute atomic E-state index is 0.141. The number of rotatable bonds is 20. The normalized spacial score (nSPS) is 16.7. The van der Waals surface area contributed by atoms with Gasteiger partial charge in [-0.3, -0.25) is 4.79 Å². The predicted molar refractivity (Wildman–Crippen MR) is 230 cm³/mol. The lowest BCUT2D eigenvalue weighted by Crippen LogP contribution is -2.61. The first-order chi connectivity index (χ1) is 27.3. The molecule has 0 saturated heterocycles. The van der Waals surface area contributed by atoms with E-state index < -0.39 is 12.6 Å². The van der Waals surface area contributed by atoms with Crippen molar-refractivity contribution in [3.05, 3.63) is 89.5 Å². The highest BCUT2D eigenvalue weighted by Crippen LogP contribution is 2.21. The van der Waals surface area contributed by atoms with Crippen LogP contribution in [0.3, 0.4) is 0 Å². The van der Waals surface area contributed by atoms with Crippen LogP contribution in [-0.2, 0) is 9.47 Å². The topological polar surface area (TPSA) is 145 Å². The molecule has 0 spiro atoms. The molecule has 4 unspecified atom stereocenters. The number of nitrogens with one attached hydrogen (secondary N) is 5. The molecule has 0 radical (unpaired) electrons. The summed E-state index contributed by atoms with van der Waals surface area (Å²) in [6.07, 6.45) is 7.57. The molecule has 1 aliphatic heterocycles. The molecule has 3 aromatic carbocycles. The first-order valence-corrected chi connectivity index (χ1v) is 20.7. The third-order valence-corrected chi connectivity index (χ3v) is 10.0. The van der Waals surface area contributed by atoms with Crippen molar-refractivity contribution in [2.75, 3.05) is 36.2 Å². The SMILES string of the molecule is CCCCC(CC)COC(=O)c1ccc(NC2=NC(Nc3ccc(C(=O)OCC(CC)CCCC)cc3)N(C)C(Nc3ccc(C(=O)NC(C)(C)C)cc3)N2)cc1. The summed E-state index contributed by atoms with van der Waals surface area (Å²) < 4.78 is 11.3. The van der Waals surface area contributed by atoms with Gasteiger partial charge in [0.25, 0.3) is 5.91 Å². The number of nitrogens with zero attached hydrogens (tertiary/aromatic N) is 2. The van der Waals surface area contributed by atoms with Gasteiger partial charge in [-0.05, 0) is 125 Å². The molecule has 0 aliphatic carbocycles. The van der Waals surface area contributed by atoms with Gasteiger partial charge in [-0.15, -0.1) is 0 Å². The van der Waals surface area contributed by atoms with Crippen LogP contribution in [0.15, 0.2) is 77.8 Å². The second-order valence-electron chi connectivity index (χ2n) is 15.9. The van der Waals surface area contributed by atoms with E-state index in [0.29, 0.717) is 47.7 Å². The Bertz CT molecular complexity index is 1740. The van der Waals surface area contributed by atoms with E-state index >= 15 is 0 Å². The molecular formula is C45H65N7O5. The Labute approximate surface area is 340 Å². The minimum Gasteiger partial charge on any atom is -0.462 e. The standard InChI is InChI=1S/C45H65N7O5/c1-9-13-15-31(11-3)29-56-40(54)34-19-25-36(26-20-34)46-42-49-43(47-37-23-17-33(18-24-37)39(53)51-45(5,6)7)52(8)44(50-42)48-38-27-21-35(22-28-38)41(55)57-30-32(12-4)16-14-10-2/h17-28,31-32,43-44,47-48H,9-16,29-30H2,1-8H3,(H,51,53)(H2,46,49,50). The number of amides is 1. The molecule has 57 heavy (non-hydrogen) atoms. The number of esters is 2. The van der Waals surface area contributed by atoms with Crippen molar-refractivity contribution in [3.8, 4) is 0 Å². The summed E-state index contributed by atoms with van der Waals surface area (Å²) in [5.41, 5.74) is 3.47. The van der Waals surface area contributed by atoms with Crippen molar-refractivity contribution in [3.63, 3.8) is 0 Å². The Morgan fingerprint density at radius 3 is 1.61 bits per heavy atom. The van der Waals surface area contributed by atoms with Crippen LogP contribution < -0.4 is 26.6 Å². The Hall–Kier alpha value is -5.10. The molecule has 0 bridgehead atoms. The molecule has 4 rings (SSSR count). The first kappa shape index (κ1) is 44.6. The number of unbranched alkanes of at least 4 members (excludes halogenated alkanes) is 2. The highest BCUT2D eigenvalue weighted by molar-refractivity contribution is 5.96. The molecule has 0 fully saturated rings. The van der Waals surface area contributed by atoms with Gasteiger partial charge in [0, 0.05) is 28.2 Å². The maximum atomic E-state index is 12.9. The lowest BCUT2D eigenvalue weighted by atomic mass is 10.0. The van der Waals surface area contributed by atoms with E-state index in [2.05, 4.69) is 54.3 Å². The van der Waals surface area contributed by atoms with Gasteiger partial charge in [0.05, 0.1) is 24.3 Å². The number of benzene rings is 3. The molecular weight excluding hydrogens is 719 g/mol. The molecule has 1 aliphatic rings. The van der Waals surface area contributed by atoms with Crippen molar-refractivity contribution < 1.29 is 23.9 Å². The van der Waals surface area contributed by atoms with Crippen LogP contribution in [0.25, 0.3) is 0 Å². The van der Waals surface area contributed by atoms with E-state index in [1.165, 1.54) is 0 Å². The van der Waals surface area contributed by atoms with E-state index in [1.807, 2.05) is 69.1 Å². The summed E-state index contributed by atoms with van der Waals surface area (Å²) >= 11 is 0. The Balaban J connectivity index is 1.48. The van der Waals surface area contributed by atoms with Crippen LogP contribution in [0.4, 0.5) is 17.1 Å². The summed E-state index contributed by atoms with van der Waals surface area (Å²) in [6.45, 7) is 15.3. The molecule has 5 N–H and O–H groups in total. The second-order valence-corrected chi connectivity index (χ2v) is 15.9. The van der Waals surface area contributed by atoms with E-state index in [4.69, 9.17) is 14.5 Å². The number of aliphatic imine (C=N–C) groups is 1. The summed E-state index contributed by atoms with van der Waals surface area (Å²) in [4.78, 5) is 45.4. The number of ether oxygens (including phenoxy) is 2. The van der Waals surface area contributed by atoms with E-state index in [-0.39, 0.29) is 23.4 Å². The van der Waals surface area contributed by atoms with Crippen molar-refractivity contribution in [1.29, 1.82) is 0 Å². The Morgan fingerprint density at radius 1 is 0.702 bits per heavy atom. The quantitative estimate of drug-likeness (QED) is 0.0704. The fraction of sp³-hybridized carbons (Fsp3) is 0.511. The molecule has 3 aromatic rings. The van der Waals surface area contributed by atoms with Crippen molar-refractivity contribution in [2.45, 2.75) is 118 Å². The van der Waals surface area contributed by atoms with Crippen LogP contribution in [0.2, 0.25) is 0 Å². The van der Waals surface area contributed by atoms with Gasteiger partial charge in [-0.25, -0.2) is 19.5 Å². The van der Waals surface area contributed by atoms with Crippen molar-refractivity contribution in [2.24, 2.45) is 16.8 Å². The van der Waals surface area contributed by atoms with Gasteiger partial charge >= 0.3 is 11.9 Å². The summed E-state index contributed by atoms with van der Waals surface area (Å²) in [6, 6.07) is 21.6. The summed E-state index contributed by atoms with van der Waals surface area (Å²) in [5.74, 6) is 0.408. The second kappa shape index (κ2) is 22.0. The smallest absolute Gasteiger partial charge is 0.338 e. The number of anilines is 3. The maximum Gasteiger partial charge on any atom is 0.338 e. The van der Waals surface area contributed by atoms with Gasteiger partial charge < -0.3 is 36.1 Å². The van der Waals surface area contributed by atoms with Crippen LogP contribution in [0, 0.1) is 11.8 Å². The molecule has 0 saturated carbocycles. The predicted octanol–water partition coefficient (Wildman–Crippen LogP) is 9.06. The largest absolute Gasteiger partial charge is 0.462 e. The number of guanidine groups is 1. The fourth-order valence-electron chi connectivity index (χ4n) is 6.28. The first-order valence-electron chi connectivity index (χ1n) is 20.7. The monoisotopic (exact) mass is 784 g/mol. The third-order valence-electron chi connectivity index (χ3n) is 10.0. The lowest BCUT2D eigenvalue weighted by molar-refractivity contribution is 0.0419. The average Bonchev–Trinajstić information content (AvgIpc) is 3.19. The summed E-state index contributed by atoms with van der Waals surface area (Å²) in [5, 5.41) is 16.8. The summed E-state index contributed by atoms with van der Waals surface area (Å²) in [7, 11) is 1.92. The van der Waals surface area contributed by atoms with Crippen LogP contribution in [-0.4, -0.2) is 67.1 Å². The molecule has 1 amide bonds. The number of carbonyl (C=O) groups excluding carboxylic acids is 3. The third kappa shape index (κ3) is 14.4. The van der Waals surface area contributed by atoms with Crippen LogP contribution in [0.5, 0.6) is 0 Å². The minimum atomic E-state index is -0.543. The lowest BCUT2D eigenvalue weighted by Gasteiger charge is -2.39. The highest BCUT2D eigenvalue weighted by Gasteiger charge is 2.29. The number of hydrogen-bond donors (Lipinski definition) is 5. The highest BCUT2D eigenvalue weighted by atomic mass is 16.5. The molecule has 4 atom stereocenters. The van der Waals surface area contributed by atoms with E-state index in [0.717, 1.165) is 68.4 Å². The van der Waals surface area contributed by atoms with Gasteiger partial charge in [0.2, 0.25) is 5.96 Å². The van der Waals surface area contributed by atoms with E-state index in [9.17, 15) is 14.4 Å². The van der Waals surface area contributed by atoms with E-state index in [1.54, 1.807) is 36.4 Å². The molecule has 310 valence electrons. The fourth-order valence-corrected chi connectivity index (χ4v) is 6.28. The zero-order valence-corrected chi connectivity index (χ0v) is 35.2. The maximum absolute atomic E-state index is 12.9. The van der Waals surface area contributed by atoms with Crippen molar-refractivity contribution in [1.82, 2.24) is 15.5 Å². The van der Waals surface area contributed by atoms with Crippen LogP contribution in [0.1, 0.15) is 131 Å². The molecule has 1 heterocycles. The number of carbonyl (C=O) groups is 3. The number of hydrogen-bond acceptors (Lipinski definition) is 11. The van der Waals surface area contributed by atoms with Gasteiger partial charge in [-0.1, -0.05) is 66.2 Å².